The fraction of sp³-hybridized carbons (Fsp3) is 0.455. The largest absolute Gasteiger partial charge is 0.322 e. The summed E-state index contributed by atoms with van der Waals surface area (Å²) < 4.78 is 15.0. The number of hydrogen-bond donors (Lipinski definition) is 1. The Balaban J connectivity index is 1.29. The third-order valence-corrected chi connectivity index (χ3v) is 7.27. The number of thiazole rings is 1. The Morgan fingerprint density at radius 2 is 1.97 bits per heavy atom. The summed E-state index contributed by atoms with van der Waals surface area (Å²) in [5.41, 5.74) is 1.74. The van der Waals surface area contributed by atoms with Gasteiger partial charge < -0.3 is 4.90 Å². The average Bonchev–Trinajstić information content (AvgIpc) is 3.37. The zero-order valence-corrected chi connectivity index (χ0v) is 17.8. The van der Waals surface area contributed by atoms with Gasteiger partial charge in [0.1, 0.15) is 16.9 Å². The van der Waals surface area contributed by atoms with Crippen molar-refractivity contribution in [2.24, 2.45) is 0 Å². The highest BCUT2D eigenvalue weighted by molar-refractivity contribution is 7.09. The number of aromatic nitrogens is 1. The number of benzene rings is 1. The van der Waals surface area contributed by atoms with Crippen LogP contribution in [0.2, 0.25) is 0 Å². The van der Waals surface area contributed by atoms with Gasteiger partial charge in [-0.25, -0.2) is 9.37 Å². The molecular weight excluding hydrogens is 419 g/mol. The van der Waals surface area contributed by atoms with Crippen molar-refractivity contribution in [1.82, 2.24) is 20.1 Å². The monoisotopic (exact) mass is 442 g/mol. The molecule has 0 spiro atoms. The first-order valence-corrected chi connectivity index (χ1v) is 11.5. The SMILES string of the molecule is O=C1CCC(N2Cc3cc(C4CCN(Cc5nccs5)CC4)c(F)cc3C2=O)C(=O)N1. The summed E-state index contributed by atoms with van der Waals surface area (Å²) in [7, 11) is 0. The van der Waals surface area contributed by atoms with E-state index in [2.05, 4.69) is 15.2 Å². The van der Waals surface area contributed by atoms with Crippen molar-refractivity contribution in [1.29, 1.82) is 0 Å². The number of carbonyl (C=O) groups excluding carboxylic acids is 3. The molecule has 0 bridgehead atoms. The van der Waals surface area contributed by atoms with Crippen LogP contribution < -0.4 is 5.32 Å². The molecule has 1 atom stereocenters. The van der Waals surface area contributed by atoms with Crippen LogP contribution in [0.4, 0.5) is 4.39 Å². The average molecular weight is 443 g/mol. The molecule has 31 heavy (non-hydrogen) atoms. The van der Waals surface area contributed by atoms with E-state index in [9.17, 15) is 18.8 Å². The summed E-state index contributed by atoms with van der Waals surface area (Å²) in [4.78, 5) is 44.6. The molecule has 4 heterocycles. The van der Waals surface area contributed by atoms with Crippen molar-refractivity contribution in [2.75, 3.05) is 13.1 Å². The van der Waals surface area contributed by atoms with E-state index in [-0.39, 0.29) is 36.5 Å². The van der Waals surface area contributed by atoms with Crippen LogP contribution in [-0.4, -0.2) is 51.6 Å². The topological polar surface area (TPSA) is 82.6 Å². The molecule has 5 rings (SSSR count). The Morgan fingerprint density at radius 3 is 2.68 bits per heavy atom. The molecular formula is C22H23FN4O3S. The molecule has 162 valence electrons. The summed E-state index contributed by atoms with van der Waals surface area (Å²) >= 11 is 1.65. The number of nitrogens with zero attached hydrogens (tertiary/aromatic N) is 3. The molecule has 2 saturated heterocycles. The van der Waals surface area contributed by atoms with Gasteiger partial charge in [-0.1, -0.05) is 6.07 Å². The normalized spacial score (nSPS) is 22.7. The minimum atomic E-state index is -0.682. The predicted molar refractivity (Wildman–Crippen MR) is 112 cm³/mol. The van der Waals surface area contributed by atoms with E-state index in [4.69, 9.17) is 0 Å². The van der Waals surface area contributed by atoms with Crippen LogP contribution in [0.5, 0.6) is 0 Å². The molecule has 2 aromatic rings. The highest BCUT2D eigenvalue weighted by atomic mass is 32.1. The van der Waals surface area contributed by atoms with E-state index >= 15 is 0 Å². The lowest BCUT2D eigenvalue weighted by molar-refractivity contribution is -0.136. The second-order valence-corrected chi connectivity index (χ2v) is 9.39. The summed E-state index contributed by atoms with van der Waals surface area (Å²) in [6, 6.07) is 2.47. The molecule has 3 aliphatic heterocycles. The first-order valence-electron chi connectivity index (χ1n) is 10.6. The first-order chi connectivity index (χ1) is 15.0. The van der Waals surface area contributed by atoms with E-state index in [1.165, 1.54) is 11.0 Å². The van der Waals surface area contributed by atoms with Gasteiger partial charge in [0.25, 0.3) is 5.91 Å². The third kappa shape index (κ3) is 3.87. The number of likely N-dealkylation sites (tertiary alicyclic amines) is 1. The fourth-order valence-corrected chi connectivity index (χ4v) is 5.50. The smallest absolute Gasteiger partial charge is 0.255 e. The molecule has 1 unspecified atom stereocenters. The van der Waals surface area contributed by atoms with Crippen LogP contribution in [0.25, 0.3) is 0 Å². The molecule has 0 radical (unpaired) electrons. The van der Waals surface area contributed by atoms with E-state index in [0.29, 0.717) is 17.5 Å². The van der Waals surface area contributed by atoms with Gasteiger partial charge in [-0.3, -0.25) is 24.6 Å². The quantitative estimate of drug-likeness (QED) is 0.736. The number of nitrogens with one attached hydrogen (secondary N) is 1. The van der Waals surface area contributed by atoms with Crippen molar-refractivity contribution < 1.29 is 18.8 Å². The number of piperidine rings is 2. The fourth-order valence-electron chi connectivity index (χ4n) is 4.85. The zero-order valence-electron chi connectivity index (χ0n) is 17.0. The Bertz CT molecular complexity index is 1030. The number of fused-ring (bicyclic) bond motifs is 1. The third-order valence-electron chi connectivity index (χ3n) is 6.51. The van der Waals surface area contributed by atoms with Crippen LogP contribution >= 0.6 is 11.3 Å². The number of hydrogen-bond acceptors (Lipinski definition) is 6. The number of rotatable bonds is 4. The Kier molecular flexibility index (Phi) is 5.31. The standard InChI is InChI=1S/C22H23FN4O3S/c23-17-10-16-14(11-27(22(16)30)18-1-2-19(28)25-21(18)29)9-15(17)13-3-6-26(7-4-13)12-20-24-5-8-31-20/h5,8-10,13,18H,1-4,6-7,11-12H2,(H,25,28,29). The number of halogens is 1. The Morgan fingerprint density at radius 1 is 1.16 bits per heavy atom. The van der Waals surface area contributed by atoms with Crippen LogP contribution in [0, 0.1) is 5.82 Å². The highest BCUT2D eigenvalue weighted by Gasteiger charge is 2.40. The lowest BCUT2D eigenvalue weighted by atomic mass is 9.87. The van der Waals surface area contributed by atoms with E-state index in [1.807, 2.05) is 17.6 Å². The molecule has 1 N–H and O–H groups in total. The highest BCUT2D eigenvalue weighted by Crippen LogP contribution is 2.35. The molecule has 1 aromatic heterocycles. The predicted octanol–water partition coefficient (Wildman–Crippen LogP) is 2.42. The zero-order chi connectivity index (χ0) is 21.5. The van der Waals surface area contributed by atoms with Gasteiger partial charge in [0.05, 0.1) is 6.54 Å². The number of carbonyl (C=O) groups is 3. The summed E-state index contributed by atoms with van der Waals surface area (Å²) in [5, 5.41) is 5.36. The van der Waals surface area contributed by atoms with Gasteiger partial charge in [-0.15, -0.1) is 11.3 Å². The van der Waals surface area contributed by atoms with E-state index in [0.717, 1.165) is 43.0 Å². The summed E-state index contributed by atoms with van der Waals surface area (Å²) in [6.45, 7) is 2.85. The van der Waals surface area contributed by atoms with Crippen molar-refractivity contribution in [3.63, 3.8) is 0 Å². The van der Waals surface area contributed by atoms with Gasteiger partial charge in [-0.2, -0.15) is 0 Å². The maximum absolute atomic E-state index is 15.0. The second-order valence-electron chi connectivity index (χ2n) is 8.41. The molecule has 0 saturated carbocycles. The van der Waals surface area contributed by atoms with Crippen molar-refractivity contribution in [3.8, 4) is 0 Å². The van der Waals surface area contributed by atoms with Gasteiger partial charge in [-0.05, 0) is 55.5 Å². The minimum Gasteiger partial charge on any atom is -0.322 e. The van der Waals surface area contributed by atoms with Crippen LogP contribution in [0.3, 0.4) is 0 Å². The van der Waals surface area contributed by atoms with Gasteiger partial charge >= 0.3 is 0 Å². The van der Waals surface area contributed by atoms with Crippen molar-refractivity contribution in [2.45, 2.75) is 50.7 Å². The van der Waals surface area contributed by atoms with Gasteiger partial charge in [0.15, 0.2) is 0 Å². The van der Waals surface area contributed by atoms with E-state index < -0.39 is 11.9 Å². The molecule has 9 heteroatoms. The molecule has 1 aromatic carbocycles. The van der Waals surface area contributed by atoms with Gasteiger partial charge in [0, 0.05) is 30.1 Å². The van der Waals surface area contributed by atoms with Crippen LogP contribution in [0.15, 0.2) is 23.7 Å². The molecule has 3 amide bonds. The van der Waals surface area contributed by atoms with Crippen LogP contribution in [-0.2, 0) is 22.7 Å². The van der Waals surface area contributed by atoms with Crippen molar-refractivity contribution in [3.05, 3.63) is 51.2 Å². The van der Waals surface area contributed by atoms with E-state index in [1.54, 1.807) is 11.3 Å². The Labute approximate surface area is 183 Å². The second kappa shape index (κ2) is 8.12. The van der Waals surface area contributed by atoms with Crippen LogP contribution in [0.1, 0.15) is 58.1 Å². The summed E-state index contributed by atoms with van der Waals surface area (Å²) in [5.74, 6) is -1.35. The molecule has 3 aliphatic rings. The number of imide groups is 1. The molecule has 2 fully saturated rings. The maximum Gasteiger partial charge on any atom is 0.255 e. The first kappa shape index (κ1) is 20.3. The van der Waals surface area contributed by atoms with Gasteiger partial charge in [0.2, 0.25) is 11.8 Å². The summed E-state index contributed by atoms with van der Waals surface area (Å²) in [6.07, 6.45) is 4.02. The Hall–Kier alpha value is -2.65. The maximum atomic E-state index is 15.0. The number of amides is 3. The minimum absolute atomic E-state index is 0.109. The lowest BCUT2D eigenvalue weighted by Gasteiger charge is -2.32. The molecule has 0 aliphatic carbocycles. The molecule has 7 nitrogen and oxygen atoms in total. The lowest BCUT2D eigenvalue weighted by Crippen LogP contribution is -2.52. The van der Waals surface area contributed by atoms with Crippen molar-refractivity contribution >= 4 is 29.1 Å².